The van der Waals surface area contributed by atoms with Crippen molar-refractivity contribution in [3.05, 3.63) is 58.1 Å². The summed E-state index contributed by atoms with van der Waals surface area (Å²) in [7, 11) is 0. The Hall–Kier alpha value is -2.18. The van der Waals surface area contributed by atoms with Crippen molar-refractivity contribution in [1.29, 1.82) is 5.26 Å². The van der Waals surface area contributed by atoms with E-state index < -0.39 is 0 Å². The number of rotatable bonds is 3. The molecule has 0 atom stereocenters. The normalized spacial score (nSPS) is 9.95. The number of benzene rings is 2. The number of hydrogen-bond acceptors (Lipinski definition) is 3. The topological polar surface area (TPSA) is 59.0 Å². The SMILES string of the molecule is Cc1ccc(C#N)cc1OCc1ccc(Cl)c(N)c1. The van der Waals surface area contributed by atoms with E-state index in [1.807, 2.05) is 19.1 Å². The number of nitrogen functional groups attached to an aromatic ring is 1. The molecule has 0 aromatic heterocycles. The molecule has 0 amide bonds. The highest BCUT2D eigenvalue weighted by atomic mass is 35.5. The van der Waals surface area contributed by atoms with Gasteiger partial charge in [0.15, 0.2) is 0 Å². The van der Waals surface area contributed by atoms with Gasteiger partial charge < -0.3 is 10.5 Å². The average Bonchev–Trinajstić information content (AvgIpc) is 2.41. The van der Waals surface area contributed by atoms with E-state index in [9.17, 15) is 0 Å². The van der Waals surface area contributed by atoms with E-state index in [0.29, 0.717) is 28.6 Å². The van der Waals surface area contributed by atoms with Gasteiger partial charge in [0, 0.05) is 0 Å². The van der Waals surface area contributed by atoms with Crippen molar-refractivity contribution in [2.45, 2.75) is 13.5 Å². The first-order valence-electron chi connectivity index (χ1n) is 5.77. The zero-order chi connectivity index (χ0) is 13.8. The second-order valence-electron chi connectivity index (χ2n) is 4.24. The van der Waals surface area contributed by atoms with Crippen molar-refractivity contribution in [2.24, 2.45) is 0 Å². The Kier molecular flexibility index (Phi) is 3.94. The predicted molar refractivity (Wildman–Crippen MR) is 76.1 cm³/mol. The number of ether oxygens (including phenoxy) is 1. The van der Waals surface area contributed by atoms with E-state index in [0.717, 1.165) is 11.1 Å². The molecule has 2 rings (SSSR count). The van der Waals surface area contributed by atoms with Crippen molar-refractivity contribution in [3.63, 3.8) is 0 Å². The number of halogens is 1. The van der Waals surface area contributed by atoms with Gasteiger partial charge >= 0.3 is 0 Å². The Bertz CT molecular complexity index is 647. The summed E-state index contributed by atoms with van der Waals surface area (Å²) in [5.74, 6) is 0.701. The highest BCUT2D eigenvalue weighted by Crippen LogP contribution is 2.23. The van der Waals surface area contributed by atoms with Crippen molar-refractivity contribution >= 4 is 17.3 Å². The van der Waals surface area contributed by atoms with Crippen LogP contribution in [0.25, 0.3) is 0 Å². The van der Waals surface area contributed by atoms with Gasteiger partial charge in [-0.3, -0.25) is 0 Å². The molecule has 0 aliphatic rings. The largest absolute Gasteiger partial charge is 0.489 e. The van der Waals surface area contributed by atoms with Crippen LogP contribution in [0.1, 0.15) is 16.7 Å². The molecule has 0 aliphatic heterocycles. The monoisotopic (exact) mass is 272 g/mol. The minimum Gasteiger partial charge on any atom is -0.489 e. The molecular formula is C15H13ClN2O. The highest BCUT2D eigenvalue weighted by Gasteiger charge is 2.03. The lowest BCUT2D eigenvalue weighted by Crippen LogP contribution is -1.98. The Labute approximate surface area is 117 Å². The van der Waals surface area contributed by atoms with Crippen LogP contribution in [-0.2, 0) is 6.61 Å². The third-order valence-corrected chi connectivity index (χ3v) is 3.12. The van der Waals surface area contributed by atoms with Gasteiger partial charge in [-0.2, -0.15) is 5.26 Å². The van der Waals surface area contributed by atoms with E-state index in [1.165, 1.54) is 0 Å². The quantitative estimate of drug-likeness (QED) is 0.867. The van der Waals surface area contributed by atoms with Gasteiger partial charge in [-0.15, -0.1) is 0 Å². The first kappa shape index (κ1) is 13.3. The van der Waals surface area contributed by atoms with Crippen LogP contribution in [0.5, 0.6) is 5.75 Å². The van der Waals surface area contributed by atoms with Gasteiger partial charge in [-0.25, -0.2) is 0 Å². The summed E-state index contributed by atoms with van der Waals surface area (Å²) < 4.78 is 5.71. The second kappa shape index (κ2) is 5.64. The molecule has 96 valence electrons. The summed E-state index contributed by atoms with van der Waals surface area (Å²) in [6.07, 6.45) is 0. The highest BCUT2D eigenvalue weighted by molar-refractivity contribution is 6.33. The summed E-state index contributed by atoms with van der Waals surface area (Å²) >= 11 is 5.86. The van der Waals surface area contributed by atoms with E-state index in [1.54, 1.807) is 24.3 Å². The lowest BCUT2D eigenvalue weighted by atomic mass is 10.1. The van der Waals surface area contributed by atoms with Crippen molar-refractivity contribution in [1.82, 2.24) is 0 Å². The maximum Gasteiger partial charge on any atom is 0.124 e. The zero-order valence-electron chi connectivity index (χ0n) is 10.5. The fourth-order valence-electron chi connectivity index (χ4n) is 1.67. The van der Waals surface area contributed by atoms with Crippen molar-refractivity contribution in [3.8, 4) is 11.8 Å². The van der Waals surface area contributed by atoms with Crippen LogP contribution in [0, 0.1) is 18.3 Å². The van der Waals surface area contributed by atoms with Crippen LogP contribution in [-0.4, -0.2) is 0 Å². The van der Waals surface area contributed by atoms with Crippen LogP contribution in [0.2, 0.25) is 5.02 Å². The number of aryl methyl sites for hydroxylation is 1. The Balaban J connectivity index is 2.14. The lowest BCUT2D eigenvalue weighted by molar-refractivity contribution is 0.304. The smallest absolute Gasteiger partial charge is 0.124 e. The molecule has 0 fully saturated rings. The Morgan fingerprint density at radius 3 is 2.74 bits per heavy atom. The van der Waals surface area contributed by atoms with Crippen LogP contribution in [0.15, 0.2) is 36.4 Å². The maximum atomic E-state index is 8.87. The van der Waals surface area contributed by atoms with Gasteiger partial charge in [-0.05, 0) is 42.3 Å². The van der Waals surface area contributed by atoms with E-state index in [-0.39, 0.29) is 0 Å². The van der Waals surface area contributed by atoms with Crippen molar-refractivity contribution < 1.29 is 4.74 Å². The van der Waals surface area contributed by atoms with Gasteiger partial charge in [0.05, 0.1) is 22.3 Å². The summed E-state index contributed by atoms with van der Waals surface area (Å²) in [6, 6.07) is 12.8. The molecule has 0 bridgehead atoms. The molecule has 2 aromatic rings. The Morgan fingerprint density at radius 1 is 1.26 bits per heavy atom. The average molecular weight is 273 g/mol. The van der Waals surface area contributed by atoms with E-state index in [4.69, 9.17) is 27.3 Å². The molecule has 0 radical (unpaired) electrons. The lowest BCUT2D eigenvalue weighted by Gasteiger charge is -2.10. The Morgan fingerprint density at radius 2 is 2.05 bits per heavy atom. The zero-order valence-corrected chi connectivity index (χ0v) is 11.2. The van der Waals surface area contributed by atoms with Crippen LogP contribution < -0.4 is 10.5 Å². The third kappa shape index (κ3) is 3.18. The predicted octanol–water partition coefficient (Wildman–Crippen LogP) is 3.68. The molecule has 3 nitrogen and oxygen atoms in total. The van der Waals surface area contributed by atoms with Gasteiger partial charge in [0.25, 0.3) is 0 Å². The summed E-state index contributed by atoms with van der Waals surface area (Å²) in [4.78, 5) is 0. The first-order valence-corrected chi connectivity index (χ1v) is 6.15. The molecule has 4 heteroatoms. The molecule has 2 N–H and O–H groups in total. The maximum absolute atomic E-state index is 8.87. The first-order chi connectivity index (χ1) is 9.10. The minimum absolute atomic E-state index is 0.386. The van der Waals surface area contributed by atoms with E-state index in [2.05, 4.69) is 6.07 Å². The van der Waals surface area contributed by atoms with Gasteiger partial charge in [0.2, 0.25) is 0 Å². The number of nitrogens with two attached hydrogens (primary N) is 1. The molecule has 0 heterocycles. The van der Waals surface area contributed by atoms with Gasteiger partial charge in [-0.1, -0.05) is 23.7 Å². The fraction of sp³-hybridized carbons (Fsp3) is 0.133. The van der Waals surface area contributed by atoms with Gasteiger partial charge in [0.1, 0.15) is 12.4 Å². The summed E-state index contributed by atoms with van der Waals surface area (Å²) in [5, 5.41) is 9.40. The van der Waals surface area contributed by atoms with Crippen LogP contribution in [0.4, 0.5) is 5.69 Å². The van der Waals surface area contributed by atoms with Crippen LogP contribution >= 0.6 is 11.6 Å². The van der Waals surface area contributed by atoms with Crippen molar-refractivity contribution in [2.75, 3.05) is 5.73 Å². The van der Waals surface area contributed by atoms with E-state index >= 15 is 0 Å². The van der Waals surface area contributed by atoms with Crippen LogP contribution in [0.3, 0.4) is 0 Å². The fourth-order valence-corrected chi connectivity index (χ4v) is 1.79. The molecule has 0 saturated carbocycles. The molecule has 0 unspecified atom stereocenters. The number of nitriles is 1. The molecule has 0 saturated heterocycles. The summed E-state index contributed by atoms with van der Waals surface area (Å²) in [5.41, 5.74) is 8.77. The minimum atomic E-state index is 0.386. The number of nitrogens with zero attached hydrogens (tertiary/aromatic N) is 1. The summed E-state index contributed by atoms with van der Waals surface area (Å²) in [6.45, 7) is 2.32. The standard InChI is InChI=1S/C15H13ClN2O/c1-10-2-3-11(8-17)7-15(10)19-9-12-4-5-13(16)14(18)6-12/h2-7H,9,18H2,1H3. The molecule has 19 heavy (non-hydrogen) atoms. The number of hydrogen-bond donors (Lipinski definition) is 1. The molecule has 0 spiro atoms. The second-order valence-corrected chi connectivity index (χ2v) is 4.64. The molecular weight excluding hydrogens is 260 g/mol. The number of anilines is 1. The molecule has 2 aromatic carbocycles. The molecule has 0 aliphatic carbocycles. The third-order valence-electron chi connectivity index (χ3n) is 2.77.